The number of aryl methyl sites for hydroxylation is 1. The molecule has 1 aromatic rings. The maximum Gasteiger partial charge on any atom is 0.240 e. The molecule has 0 radical (unpaired) electrons. The van der Waals surface area contributed by atoms with Crippen molar-refractivity contribution in [1.29, 1.82) is 0 Å². The van der Waals surface area contributed by atoms with Crippen LogP contribution in [0.5, 0.6) is 0 Å². The first-order valence-electron chi connectivity index (χ1n) is 7.02. The molecule has 6 nitrogen and oxygen atoms in total. The Morgan fingerprint density at radius 3 is 2.68 bits per heavy atom. The molecule has 1 aromatic carbocycles. The fraction of sp³-hybridized carbons (Fsp3) is 0.500. The number of thioether (sulfide) groups is 1. The fourth-order valence-corrected chi connectivity index (χ4v) is 4.03. The van der Waals surface area contributed by atoms with E-state index in [4.69, 9.17) is 0 Å². The van der Waals surface area contributed by atoms with Crippen LogP contribution in [0.25, 0.3) is 0 Å². The highest BCUT2D eigenvalue weighted by Crippen LogP contribution is 2.12. The topological polar surface area (TPSA) is 78.5 Å². The maximum absolute atomic E-state index is 12.1. The van der Waals surface area contributed by atoms with Gasteiger partial charge in [0.05, 0.1) is 10.9 Å². The number of likely N-dealkylation sites (N-methyl/N-ethyl adjacent to an activating group) is 1. The van der Waals surface area contributed by atoms with Crippen LogP contribution in [0, 0.1) is 6.92 Å². The molecule has 1 saturated heterocycles. The van der Waals surface area contributed by atoms with Crippen molar-refractivity contribution in [1.82, 2.24) is 14.9 Å². The van der Waals surface area contributed by atoms with E-state index in [0.29, 0.717) is 6.54 Å². The molecular weight excluding hydrogens is 322 g/mol. The highest BCUT2D eigenvalue weighted by molar-refractivity contribution is 7.99. The molecule has 1 atom stereocenters. The van der Waals surface area contributed by atoms with Crippen molar-refractivity contribution in [3.8, 4) is 0 Å². The lowest BCUT2D eigenvalue weighted by Crippen LogP contribution is -2.45. The molecule has 0 spiro atoms. The molecule has 122 valence electrons. The third-order valence-electron chi connectivity index (χ3n) is 3.46. The predicted molar refractivity (Wildman–Crippen MR) is 88.3 cm³/mol. The zero-order valence-electron chi connectivity index (χ0n) is 12.7. The van der Waals surface area contributed by atoms with Gasteiger partial charge in [-0.25, -0.2) is 13.1 Å². The molecule has 2 N–H and O–H groups in total. The number of sulfonamides is 1. The van der Waals surface area contributed by atoms with Gasteiger partial charge < -0.3 is 4.90 Å². The number of carbonyl (C=O) groups excluding carboxylic acids is 1. The molecule has 1 aliphatic heterocycles. The van der Waals surface area contributed by atoms with Gasteiger partial charge in [-0.15, -0.1) is 11.8 Å². The summed E-state index contributed by atoms with van der Waals surface area (Å²) in [6.45, 7) is 2.44. The van der Waals surface area contributed by atoms with Crippen LogP contribution < -0.4 is 10.0 Å². The summed E-state index contributed by atoms with van der Waals surface area (Å²) in [6, 6.07) is 6.50. The molecule has 1 fully saturated rings. The molecule has 0 bridgehead atoms. The van der Waals surface area contributed by atoms with Crippen molar-refractivity contribution in [2.45, 2.75) is 17.9 Å². The van der Waals surface area contributed by atoms with Gasteiger partial charge in [0.2, 0.25) is 15.9 Å². The lowest BCUT2D eigenvalue weighted by atomic mass is 10.2. The van der Waals surface area contributed by atoms with Gasteiger partial charge in [-0.3, -0.25) is 10.1 Å². The Kier molecular flexibility index (Phi) is 5.85. The van der Waals surface area contributed by atoms with Crippen molar-refractivity contribution in [2.24, 2.45) is 0 Å². The number of rotatable bonds is 6. The highest BCUT2D eigenvalue weighted by atomic mass is 32.2. The quantitative estimate of drug-likeness (QED) is 0.781. The summed E-state index contributed by atoms with van der Waals surface area (Å²) in [5, 5.41) is 3.11. The highest BCUT2D eigenvalue weighted by Gasteiger charge is 2.25. The van der Waals surface area contributed by atoms with Crippen LogP contribution >= 0.6 is 11.8 Å². The average Bonchev–Trinajstić information content (AvgIpc) is 3.00. The van der Waals surface area contributed by atoms with E-state index in [1.54, 1.807) is 48.0 Å². The molecule has 8 heteroatoms. The standard InChI is InChI=1S/C14H21N3O3S2/c1-11-3-5-12(6-4-11)22(19,20)16-7-8-17(2)14(18)13-9-21-10-15-13/h3-6,13,15-16H,7-10H2,1-2H3. The molecule has 2 rings (SSSR count). The minimum absolute atomic E-state index is 0.000432. The molecular formula is C14H21N3O3S2. The van der Waals surface area contributed by atoms with Crippen molar-refractivity contribution in [3.63, 3.8) is 0 Å². The maximum atomic E-state index is 12.1. The zero-order valence-corrected chi connectivity index (χ0v) is 14.3. The van der Waals surface area contributed by atoms with E-state index in [1.165, 1.54) is 0 Å². The Bertz CT molecular complexity index is 611. The van der Waals surface area contributed by atoms with Crippen LogP contribution in [0.3, 0.4) is 0 Å². The molecule has 0 saturated carbocycles. The molecule has 22 heavy (non-hydrogen) atoms. The van der Waals surface area contributed by atoms with Crippen LogP contribution in [0.4, 0.5) is 0 Å². The molecule has 1 amide bonds. The summed E-state index contributed by atoms with van der Waals surface area (Å²) < 4.78 is 26.8. The monoisotopic (exact) mass is 343 g/mol. The smallest absolute Gasteiger partial charge is 0.240 e. The second-order valence-electron chi connectivity index (χ2n) is 5.24. The van der Waals surface area contributed by atoms with Gasteiger partial charge in [0.1, 0.15) is 0 Å². The number of nitrogens with one attached hydrogen (secondary N) is 2. The molecule has 1 unspecified atom stereocenters. The second-order valence-corrected chi connectivity index (χ2v) is 8.04. The Morgan fingerprint density at radius 1 is 1.41 bits per heavy atom. The summed E-state index contributed by atoms with van der Waals surface area (Å²) in [7, 11) is -1.84. The van der Waals surface area contributed by atoms with Gasteiger partial charge in [0, 0.05) is 31.8 Å². The van der Waals surface area contributed by atoms with E-state index in [0.717, 1.165) is 17.2 Å². The third kappa shape index (κ3) is 4.45. The second kappa shape index (κ2) is 7.45. The molecule has 1 aliphatic rings. The Labute approximate surface area is 135 Å². The van der Waals surface area contributed by atoms with Crippen LogP contribution in [-0.2, 0) is 14.8 Å². The van der Waals surface area contributed by atoms with Crippen molar-refractivity contribution in [2.75, 3.05) is 31.8 Å². The van der Waals surface area contributed by atoms with Gasteiger partial charge in [0.15, 0.2) is 0 Å². The number of hydrogen-bond donors (Lipinski definition) is 2. The predicted octanol–water partition coefficient (Wildman–Crippen LogP) is 0.394. The van der Waals surface area contributed by atoms with E-state index < -0.39 is 10.0 Å². The van der Waals surface area contributed by atoms with Crippen molar-refractivity contribution in [3.05, 3.63) is 29.8 Å². The minimum atomic E-state index is -3.53. The van der Waals surface area contributed by atoms with Gasteiger partial charge in [-0.2, -0.15) is 0 Å². The summed E-state index contributed by atoms with van der Waals surface area (Å²) in [5.41, 5.74) is 1.01. The Hall–Kier alpha value is -1.09. The van der Waals surface area contributed by atoms with E-state index in [2.05, 4.69) is 10.0 Å². The van der Waals surface area contributed by atoms with E-state index in [-0.39, 0.29) is 23.4 Å². The summed E-state index contributed by atoms with van der Waals surface area (Å²) in [4.78, 5) is 13.9. The van der Waals surface area contributed by atoms with Gasteiger partial charge in [0.25, 0.3) is 0 Å². The zero-order chi connectivity index (χ0) is 16.2. The number of hydrogen-bond acceptors (Lipinski definition) is 5. The number of benzene rings is 1. The first kappa shape index (κ1) is 17.3. The summed E-state index contributed by atoms with van der Waals surface area (Å²) in [6.07, 6.45) is 0. The third-order valence-corrected chi connectivity index (χ3v) is 5.88. The Balaban J connectivity index is 1.84. The van der Waals surface area contributed by atoms with Gasteiger partial charge in [-0.1, -0.05) is 17.7 Å². The van der Waals surface area contributed by atoms with E-state index >= 15 is 0 Å². The first-order valence-corrected chi connectivity index (χ1v) is 9.66. The van der Waals surface area contributed by atoms with E-state index in [1.807, 2.05) is 6.92 Å². The first-order chi connectivity index (χ1) is 10.4. The van der Waals surface area contributed by atoms with E-state index in [9.17, 15) is 13.2 Å². The van der Waals surface area contributed by atoms with Crippen LogP contribution in [0.15, 0.2) is 29.2 Å². The number of carbonyl (C=O) groups is 1. The molecule has 0 aromatic heterocycles. The van der Waals surface area contributed by atoms with Crippen LogP contribution in [0.2, 0.25) is 0 Å². The SMILES string of the molecule is Cc1ccc(S(=O)(=O)NCCN(C)C(=O)C2CSCN2)cc1. The summed E-state index contributed by atoms with van der Waals surface area (Å²) >= 11 is 1.68. The average molecular weight is 343 g/mol. The van der Waals surface area contributed by atoms with Crippen molar-refractivity contribution < 1.29 is 13.2 Å². The lowest BCUT2D eigenvalue weighted by molar-refractivity contribution is -0.131. The largest absolute Gasteiger partial charge is 0.343 e. The molecule has 0 aliphatic carbocycles. The van der Waals surface area contributed by atoms with Gasteiger partial charge >= 0.3 is 0 Å². The van der Waals surface area contributed by atoms with Crippen LogP contribution in [-0.4, -0.2) is 57.0 Å². The minimum Gasteiger partial charge on any atom is -0.343 e. The lowest BCUT2D eigenvalue weighted by Gasteiger charge is -2.20. The van der Waals surface area contributed by atoms with Crippen molar-refractivity contribution >= 4 is 27.7 Å². The van der Waals surface area contributed by atoms with Crippen LogP contribution in [0.1, 0.15) is 5.56 Å². The number of nitrogens with zero attached hydrogens (tertiary/aromatic N) is 1. The molecule has 1 heterocycles. The Morgan fingerprint density at radius 2 is 2.09 bits per heavy atom. The fourth-order valence-electron chi connectivity index (χ4n) is 2.08. The normalized spacial score (nSPS) is 18.4. The summed E-state index contributed by atoms with van der Waals surface area (Å²) in [5.74, 6) is 1.54. The van der Waals surface area contributed by atoms with Gasteiger partial charge in [-0.05, 0) is 19.1 Å². The number of amides is 1.